The molecule has 8 heteroatoms. The number of anilines is 2. The molecule has 0 spiro atoms. The van der Waals surface area contributed by atoms with Crippen LogP contribution in [0.15, 0.2) is 6.07 Å². The highest BCUT2D eigenvalue weighted by Gasteiger charge is 2.35. The fourth-order valence-corrected chi connectivity index (χ4v) is 1.56. The van der Waals surface area contributed by atoms with Crippen molar-refractivity contribution in [1.29, 1.82) is 0 Å². The van der Waals surface area contributed by atoms with Crippen molar-refractivity contribution in [1.82, 2.24) is 9.97 Å². The first-order valence-corrected chi connectivity index (χ1v) is 6.06. The first-order valence-electron chi connectivity index (χ1n) is 6.06. The summed E-state index contributed by atoms with van der Waals surface area (Å²) in [6, 6.07) is 1.37. The molecule has 1 aromatic heterocycles. The summed E-state index contributed by atoms with van der Waals surface area (Å²) in [5, 5.41) is 2.92. The average molecular weight is 277 g/mol. The number of hydrogen-bond donors (Lipinski definition) is 3. The van der Waals surface area contributed by atoms with Crippen LogP contribution in [0.4, 0.5) is 24.8 Å². The number of nitrogens with zero attached hydrogens (tertiary/aromatic N) is 2. The minimum Gasteiger partial charge on any atom is -0.367 e. The molecule has 0 radical (unpaired) electrons. The molecule has 0 bridgehead atoms. The van der Waals surface area contributed by atoms with Crippen LogP contribution in [-0.4, -0.2) is 16.0 Å². The van der Waals surface area contributed by atoms with Crippen LogP contribution in [0.3, 0.4) is 0 Å². The van der Waals surface area contributed by atoms with Gasteiger partial charge in [-0.1, -0.05) is 19.8 Å². The van der Waals surface area contributed by atoms with Crippen LogP contribution in [0.1, 0.15) is 38.9 Å². The fraction of sp³-hybridized carbons (Fsp3) is 0.636. The lowest BCUT2D eigenvalue weighted by Gasteiger charge is -2.16. The van der Waals surface area contributed by atoms with Crippen LogP contribution in [0.5, 0.6) is 0 Å². The summed E-state index contributed by atoms with van der Waals surface area (Å²) in [5.74, 6) is 3.93. The molecule has 19 heavy (non-hydrogen) atoms. The van der Waals surface area contributed by atoms with Crippen LogP contribution in [0.25, 0.3) is 0 Å². The molecule has 0 saturated carbocycles. The molecule has 108 valence electrons. The maximum atomic E-state index is 12.6. The zero-order chi connectivity index (χ0) is 14.5. The van der Waals surface area contributed by atoms with Gasteiger partial charge in [-0.25, -0.2) is 15.8 Å². The van der Waals surface area contributed by atoms with Crippen molar-refractivity contribution in [3.05, 3.63) is 11.9 Å². The zero-order valence-electron chi connectivity index (χ0n) is 10.9. The van der Waals surface area contributed by atoms with E-state index in [4.69, 9.17) is 5.84 Å². The van der Waals surface area contributed by atoms with E-state index < -0.39 is 12.0 Å². The van der Waals surface area contributed by atoms with Gasteiger partial charge in [0.05, 0.1) is 0 Å². The van der Waals surface area contributed by atoms with Gasteiger partial charge in [-0.3, -0.25) is 0 Å². The molecule has 1 heterocycles. The van der Waals surface area contributed by atoms with Gasteiger partial charge in [-0.2, -0.15) is 13.2 Å². The number of nitrogens with one attached hydrogen (secondary N) is 2. The number of aromatic nitrogens is 2. The van der Waals surface area contributed by atoms with E-state index in [1.165, 1.54) is 6.07 Å². The van der Waals surface area contributed by atoms with Gasteiger partial charge >= 0.3 is 6.18 Å². The van der Waals surface area contributed by atoms with Crippen molar-refractivity contribution in [2.24, 2.45) is 5.84 Å². The topological polar surface area (TPSA) is 75.9 Å². The number of hydrazine groups is 1. The van der Waals surface area contributed by atoms with Crippen molar-refractivity contribution in [3.63, 3.8) is 0 Å². The maximum absolute atomic E-state index is 12.6. The Bertz CT molecular complexity index is 408. The molecule has 1 atom stereocenters. The third kappa shape index (κ3) is 4.90. The van der Waals surface area contributed by atoms with E-state index >= 15 is 0 Å². The molecule has 1 rings (SSSR count). The summed E-state index contributed by atoms with van der Waals surface area (Å²) in [6.45, 7) is 3.94. The second kappa shape index (κ2) is 6.55. The smallest absolute Gasteiger partial charge is 0.367 e. The second-order valence-corrected chi connectivity index (χ2v) is 4.29. The summed E-state index contributed by atoms with van der Waals surface area (Å²) < 4.78 is 37.8. The van der Waals surface area contributed by atoms with Gasteiger partial charge in [0.1, 0.15) is 11.6 Å². The van der Waals surface area contributed by atoms with Crippen LogP contribution in [0.2, 0.25) is 0 Å². The van der Waals surface area contributed by atoms with Crippen LogP contribution in [0, 0.1) is 0 Å². The molecular weight excluding hydrogens is 259 g/mol. The van der Waals surface area contributed by atoms with E-state index in [1.54, 1.807) is 0 Å². The summed E-state index contributed by atoms with van der Waals surface area (Å²) in [7, 11) is 0. The molecule has 0 aliphatic heterocycles. The molecule has 0 aliphatic carbocycles. The Morgan fingerprint density at radius 1 is 1.32 bits per heavy atom. The van der Waals surface area contributed by atoms with E-state index in [0.29, 0.717) is 0 Å². The largest absolute Gasteiger partial charge is 0.451 e. The lowest BCUT2D eigenvalue weighted by molar-refractivity contribution is -0.144. The number of hydrogen-bond acceptors (Lipinski definition) is 5. The quantitative estimate of drug-likeness (QED) is 0.550. The molecule has 0 fully saturated rings. The van der Waals surface area contributed by atoms with Gasteiger partial charge in [0.15, 0.2) is 0 Å². The van der Waals surface area contributed by atoms with Crippen molar-refractivity contribution in [3.8, 4) is 0 Å². The number of alkyl halides is 3. The first-order chi connectivity index (χ1) is 8.86. The number of halogens is 3. The van der Waals surface area contributed by atoms with Gasteiger partial charge in [0.25, 0.3) is 0 Å². The summed E-state index contributed by atoms with van der Waals surface area (Å²) >= 11 is 0. The highest BCUT2D eigenvalue weighted by atomic mass is 19.4. The lowest BCUT2D eigenvalue weighted by Crippen LogP contribution is -2.20. The Morgan fingerprint density at radius 3 is 2.47 bits per heavy atom. The van der Waals surface area contributed by atoms with Crippen LogP contribution in [-0.2, 0) is 6.18 Å². The van der Waals surface area contributed by atoms with E-state index in [2.05, 4.69) is 27.6 Å². The van der Waals surface area contributed by atoms with Crippen molar-refractivity contribution in [2.45, 2.75) is 45.3 Å². The number of unbranched alkanes of at least 4 members (excludes halogenated alkanes) is 1. The standard InChI is InChI=1S/C11H18F3N5/c1-3-4-5-7(2)16-8-6-9(19-15)18-10(17-8)11(12,13)14/h6-7H,3-5,15H2,1-2H3,(H2,16,17,18,19). The van der Waals surface area contributed by atoms with Crippen LogP contribution >= 0.6 is 0 Å². The van der Waals surface area contributed by atoms with Crippen molar-refractivity contribution < 1.29 is 13.2 Å². The molecule has 0 aliphatic rings. The molecule has 1 unspecified atom stereocenters. The summed E-state index contributed by atoms with van der Waals surface area (Å²) in [5.41, 5.74) is 2.11. The minimum absolute atomic E-state index is 0.0292. The SMILES string of the molecule is CCCCC(C)Nc1cc(NN)nc(C(F)(F)F)n1. The van der Waals surface area contributed by atoms with E-state index in [0.717, 1.165) is 19.3 Å². The molecule has 0 amide bonds. The highest BCUT2D eigenvalue weighted by Crippen LogP contribution is 2.28. The molecule has 4 N–H and O–H groups in total. The van der Waals surface area contributed by atoms with Gasteiger partial charge < -0.3 is 10.7 Å². The monoisotopic (exact) mass is 277 g/mol. The predicted molar refractivity (Wildman–Crippen MR) is 67.5 cm³/mol. The fourth-order valence-electron chi connectivity index (χ4n) is 1.56. The molecule has 5 nitrogen and oxygen atoms in total. The number of nitrogen functional groups attached to an aromatic ring is 1. The minimum atomic E-state index is -4.60. The van der Waals surface area contributed by atoms with Gasteiger partial charge in [-0.15, -0.1) is 0 Å². The summed E-state index contributed by atoms with van der Waals surface area (Å²) in [6.07, 6.45) is -1.73. The Kier molecular flexibility index (Phi) is 5.34. The maximum Gasteiger partial charge on any atom is 0.451 e. The second-order valence-electron chi connectivity index (χ2n) is 4.29. The van der Waals surface area contributed by atoms with E-state index in [9.17, 15) is 13.2 Å². The van der Waals surface area contributed by atoms with E-state index in [-0.39, 0.29) is 17.7 Å². The Morgan fingerprint density at radius 2 is 1.95 bits per heavy atom. The average Bonchev–Trinajstić information content (AvgIpc) is 2.34. The molecule has 0 aromatic carbocycles. The van der Waals surface area contributed by atoms with E-state index in [1.807, 2.05) is 6.92 Å². The normalized spacial score (nSPS) is 13.2. The zero-order valence-corrected chi connectivity index (χ0v) is 10.9. The van der Waals surface area contributed by atoms with Gasteiger partial charge in [0.2, 0.25) is 5.82 Å². The number of rotatable bonds is 6. The van der Waals surface area contributed by atoms with Crippen molar-refractivity contribution >= 4 is 11.6 Å². The summed E-state index contributed by atoms with van der Waals surface area (Å²) in [4.78, 5) is 6.74. The predicted octanol–water partition coefficient (Wildman–Crippen LogP) is 2.77. The van der Waals surface area contributed by atoms with Crippen molar-refractivity contribution in [2.75, 3.05) is 10.7 Å². The van der Waals surface area contributed by atoms with Gasteiger partial charge in [-0.05, 0) is 13.3 Å². The Labute approximate surface area is 109 Å². The lowest BCUT2D eigenvalue weighted by atomic mass is 10.1. The van der Waals surface area contributed by atoms with Crippen LogP contribution < -0.4 is 16.6 Å². The third-order valence-corrected chi connectivity index (χ3v) is 2.51. The molecular formula is C11H18F3N5. The number of nitrogens with two attached hydrogens (primary N) is 1. The third-order valence-electron chi connectivity index (χ3n) is 2.51. The van der Waals surface area contributed by atoms with Gasteiger partial charge in [0, 0.05) is 12.1 Å². The Balaban J connectivity index is 2.88. The molecule has 0 saturated heterocycles. The Hall–Kier alpha value is -1.57. The first kappa shape index (κ1) is 15.5. The highest BCUT2D eigenvalue weighted by molar-refractivity contribution is 5.47. The molecule has 1 aromatic rings.